The van der Waals surface area contributed by atoms with Crippen molar-refractivity contribution in [1.29, 1.82) is 0 Å². The van der Waals surface area contributed by atoms with Crippen LogP contribution >= 0.6 is 0 Å². The molecule has 1 atom stereocenters. The Morgan fingerprint density at radius 2 is 2.00 bits per heavy atom. The predicted molar refractivity (Wildman–Crippen MR) is 57.5 cm³/mol. The van der Waals surface area contributed by atoms with E-state index in [0.717, 1.165) is 12.8 Å². The maximum atomic E-state index is 11.8. The molecule has 0 radical (unpaired) electrons. The Hall–Kier alpha value is -0.580. The first-order valence-electron chi connectivity index (χ1n) is 5.25. The summed E-state index contributed by atoms with van der Waals surface area (Å²) in [5, 5.41) is 8.33. The molecule has 5 heteroatoms. The summed E-state index contributed by atoms with van der Waals surface area (Å²) in [6.45, 7) is 3.52. The fraction of sp³-hybridized carbons (Fsp3) is 0.900. The fourth-order valence-electron chi connectivity index (χ4n) is 1.69. The van der Waals surface area contributed by atoms with Gasteiger partial charge in [0.05, 0.1) is 17.4 Å². The molecule has 1 unspecified atom stereocenters. The van der Waals surface area contributed by atoms with Crippen LogP contribution in [0.3, 0.4) is 0 Å². The van der Waals surface area contributed by atoms with Gasteiger partial charge in [0.2, 0.25) is 0 Å². The van der Waals surface area contributed by atoms with Crippen LogP contribution in [0, 0.1) is 5.41 Å². The molecule has 0 bridgehead atoms. The maximum Gasteiger partial charge on any atom is 0.303 e. The van der Waals surface area contributed by atoms with Crippen molar-refractivity contribution in [3.05, 3.63) is 0 Å². The van der Waals surface area contributed by atoms with Gasteiger partial charge in [-0.2, -0.15) is 0 Å². The second-order valence-corrected chi connectivity index (χ2v) is 7.02. The minimum atomic E-state index is -3.11. The van der Waals surface area contributed by atoms with Gasteiger partial charge in [0.1, 0.15) is 0 Å². The van der Waals surface area contributed by atoms with Gasteiger partial charge >= 0.3 is 5.97 Å². The van der Waals surface area contributed by atoms with Crippen LogP contribution in [0.25, 0.3) is 0 Å². The number of carboxylic acids is 1. The van der Waals surface area contributed by atoms with E-state index in [4.69, 9.17) is 5.11 Å². The lowest BCUT2D eigenvalue weighted by molar-refractivity contribution is -0.138. The van der Waals surface area contributed by atoms with Gasteiger partial charge < -0.3 is 5.11 Å². The summed E-state index contributed by atoms with van der Waals surface area (Å²) < 4.78 is 23.6. The molecule has 1 aliphatic rings. The van der Waals surface area contributed by atoms with Crippen LogP contribution in [-0.4, -0.2) is 30.5 Å². The highest BCUT2D eigenvalue weighted by Gasteiger charge is 2.48. The van der Waals surface area contributed by atoms with Crippen molar-refractivity contribution in [2.45, 2.75) is 44.8 Å². The Morgan fingerprint density at radius 3 is 2.33 bits per heavy atom. The molecule has 0 amide bonds. The third-order valence-corrected chi connectivity index (χ3v) is 5.75. The van der Waals surface area contributed by atoms with Crippen molar-refractivity contribution in [3.8, 4) is 0 Å². The Balaban J connectivity index is 2.65. The molecular formula is C10H18O4S. The highest BCUT2D eigenvalue weighted by atomic mass is 32.2. The van der Waals surface area contributed by atoms with Gasteiger partial charge in [0, 0.05) is 0 Å². The smallest absolute Gasteiger partial charge is 0.303 e. The number of sulfone groups is 1. The lowest BCUT2D eigenvalue weighted by Gasteiger charge is -2.16. The van der Waals surface area contributed by atoms with E-state index in [1.54, 1.807) is 6.92 Å². The summed E-state index contributed by atoms with van der Waals surface area (Å²) in [7, 11) is -3.11. The monoisotopic (exact) mass is 234 g/mol. The Kier molecular flexibility index (Phi) is 3.43. The highest BCUT2D eigenvalue weighted by molar-refractivity contribution is 7.92. The van der Waals surface area contributed by atoms with Crippen LogP contribution < -0.4 is 0 Å². The largest absolute Gasteiger partial charge is 0.481 e. The highest BCUT2D eigenvalue weighted by Crippen LogP contribution is 2.50. The van der Waals surface area contributed by atoms with Gasteiger partial charge in [-0.25, -0.2) is 8.42 Å². The summed E-state index contributed by atoms with van der Waals surface area (Å²) in [4.78, 5) is 10.6. The van der Waals surface area contributed by atoms with E-state index in [9.17, 15) is 13.2 Å². The Labute approximate surface area is 90.6 Å². The average Bonchev–Trinajstić information content (AvgIpc) is 2.80. The van der Waals surface area contributed by atoms with E-state index in [0.29, 0.717) is 6.42 Å². The quantitative estimate of drug-likeness (QED) is 0.755. The molecule has 88 valence electrons. The van der Waals surface area contributed by atoms with Crippen LogP contribution in [0.1, 0.15) is 39.5 Å². The van der Waals surface area contributed by atoms with E-state index in [-0.39, 0.29) is 17.4 Å². The van der Waals surface area contributed by atoms with Crippen LogP contribution in [0.5, 0.6) is 0 Å². The average molecular weight is 234 g/mol. The van der Waals surface area contributed by atoms with Crippen LogP contribution in [0.2, 0.25) is 0 Å². The fourth-order valence-corrected chi connectivity index (χ4v) is 3.73. The Morgan fingerprint density at radius 1 is 1.47 bits per heavy atom. The molecule has 4 nitrogen and oxygen atoms in total. The van der Waals surface area contributed by atoms with Crippen molar-refractivity contribution < 1.29 is 18.3 Å². The predicted octanol–water partition coefficient (Wildman–Crippen LogP) is 1.45. The van der Waals surface area contributed by atoms with Gasteiger partial charge in [-0.1, -0.05) is 6.92 Å². The summed E-state index contributed by atoms with van der Waals surface area (Å²) in [5.74, 6) is -0.853. The molecule has 0 aromatic carbocycles. The summed E-state index contributed by atoms with van der Waals surface area (Å²) in [6, 6.07) is 0. The van der Waals surface area contributed by atoms with Gasteiger partial charge in [-0.05, 0) is 31.6 Å². The number of rotatable bonds is 6. The lowest BCUT2D eigenvalue weighted by atomic mass is 10.1. The van der Waals surface area contributed by atoms with Gasteiger partial charge in [0.15, 0.2) is 9.84 Å². The van der Waals surface area contributed by atoms with E-state index in [1.165, 1.54) is 0 Å². The second kappa shape index (κ2) is 4.12. The van der Waals surface area contributed by atoms with Gasteiger partial charge in [0.25, 0.3) is 0 Å². The molecule has 0 spiro atoms. The molecule has 0 aromatic rings. The van der Waals surface area contributed by atoms with Crippen LogP contribution in [-0.2, 0) is 14.6 Å². The van der Waals surface area contributed by atoms with E-state index >= 15 is 0 Å². The number of hydrogen-bond acceptors (Lipinski definition) is 3. The van der Waals surface area contributed by atoms with Crippen molar-refractivity contribution in [1.82, 2.24) is 0 Å². The first kappa shape index (κ1) is 12.5. The van der Waals surface area contributed by atoms with Crippen molar-refractivity contribution in [2.24, 2.45) is 5.41 Å². The molecule has 0 heterocycles. The number of aliphatic carboxylic acids is 1. The third-order valence-electron chi connectivity index (χ3n) is 3.18. The number of carboxylic acid groups (broad SMARTS) is 1. The second-order valence-electron chi connectivity index (χ2n) is 4.60. The molecule has 1 N–H and O–H groups in total. The SMILES string of the molecule is CCC(C)S(=O)(=O)CC1(CC(=O)O)CC1. The minimum Gasteiger partial charge on any atom is -0.481 e. The Bertz CT molecular complexity index is 340. The van der Waals surface area contributed by atoms with Gasteiger partial charge in [-0.3, -0.25) is 4.79 Å². The normalized spacial score (nSPS) is 20.9. The molecule has 15 heavy (non-hydrogen) atoms. The van der Waals surface area contributed by atoms with Crippen molar-refractivity contribution in [2.75, 3.05) is 5.75 Å². The third kappa shape index (κ3) is 3.19. The summed E-state index contributed by atoms with van der Waals surface area (Å²) >= 11 is 0. The summed E-state index contributed by atoms with van der Waals surface area (Å²) in [5.41, 5.74) is -0.450. The minimum absolute atomic E-state index is 0.0112. The molecule has 1 saturated carbocycles. The zero-order valence-electron chi connectivity index (χ0n) is 9.19. The molecule has 1 aliphatic carbocycles. The zero-order chi connectivity index (χ0) is 11.7. The molecule has 0 aliphatic heterocycles. The zero-order valence-corrected chi connectivity index (χ0v) is 10.0. The van der Waals surface area contributed by atoms with E-state index in [1.807, 2.05) is 6.92 Å². The molecule has 1 rings (SSSR count). The molecule has 0 aromatic heterocycles. The molecule has 0 saturated heterocycles. The number of hydrogen-bond donors (Lipinski definition) is 1. The van der Waals surface area contributed by atoms with E-state index in [2.05, 4.69) is 0 Å². The maximum absolute atomic E-state index is 11.8. The topological polar surface area (TPSA) is 71.4 Å². The van der Waals surface area contributed by atoms with E-state index < -0.39 is 21.2 Å². The lowest BCUT2D eigenvalue weighted by Crippen LogP contribution is -2.27. The number of carbonyl (C=O) groups is 1. The van der Waals surface area contributed by atoms with Crippen molar-refractivity contribution in [3.63, 3.8) is 0 Å². The first-order valence-corrected chi connectivity index (χ1v) is 6.96. The van der Waals surface area contributed by atoms with Crippen molar-refractivity contribution >= 4 is 15.8 Å². The standard InChI is InChI=1S/C10H18O4S/c1-3-8(2)15(13,14)7-10(4-5-10)6-9(11)12/h8H,3-7H2,1-2H3,(H,11,12). The molecule has 1 fully saturated rings. The van der Waals surface area contributed by atoms with Crippen LogP contribution in [0.15, 0.2) is 0 Å². The van der Waals surface area contributed by atoms with Gasteiger partial charge in [-0.15, -0.1) is 0 Å². The first-order chi connectivity index (χ1) is 6.81. The van der Waals surface area contributed by atoms with Crippen LogP contribution in [0.4, 0.5) is 0 Å². The molecular weight excluding hydrogens is 216 g/mol. The summed E-state index contributed by atoms with van der Waals surface area (Å²) in [6.07, 6.45) is 2.04.